The fraction of sp³-hybridized carbons (Fsp3) is 0.619. The van der Waals surface area contributed by atoms with Crippen LogP contribution >= 0.6 is 0 Å². The molecule has 3 aromatic rings. The molecule has 4 rings (SSSR count). The minimum absolute atomic E-state index is 0.118. The Kier molecular flexibility index (Phi) is 7.97. The van der Waals surface area contributed by atoms with Gasteiger partial charge in [0.1, 0.15) is 29.9 Å². The number of fused-ring (bicyclic) bond motifs is 1. The lowest BCUT2D eigenvalue weighted by molar-refractivity contribution is -0.383. The molecule has 5 atom stereocenters. The largest absolute Gasteiger partial charge is 0.394 e. The Morgan fingerprint density at radius 1 is 1.00 bits per heavy atom. The number of ether oxygens (including phenoxy) is 1. The first kappa shape index (κ1) is 25.1. The molecule has 14 heteroatoms. The SMILES string of the molecule is O=[N+]([O-])c1ccc(CCCCCCCc2cn([C@H]3C(O)O[C@H](CO)[C@@H](O)[C@@H]3O)nn2)c2nonc12. The van der Waals surface area contributed by atoms with Crippen LogP contribution in [0.5, 0.6) is 0 Å². The van der Waals surface area contributed by atoms with Gasteiger partial charge in [-0.25, -0.2) is 9.31 Å². The molecule has 190 valence electrons. The number of unbranched alkanes of at least 4 members (excludes halogenated alkanes) is 4. The van der Waals surface area contributed by atoms with Gasteiger partial charge in [-0.05, 0) is 47.6 Å². The number of nitro benzene ring substituents is 1. The summed E-state index contributed by atoms with van der Waals surface area (Å²) in [4.78, 5) is 10.6. The number of hydrogen-bond acceptors (Lipinski definition) is 12. The highest BCUT2D eigenvalue weighted by Gasteiger charge is 2.45. The number of hydrogen-bond donors (Lipinski definition) is 4. The average Bonchev–Trinajstić information content (AvgIpc) is 3.51. The van der Waals surface area contributed by atoms with Crippen molar-refractivity contribution in [3.05, 3.63) is 39.7 Å². The zero-order valence-corrected chi connectivity index (χ0v) is 18.9. The van der Waals surface area contributed by atoms with Crippen molar-refractivity contribution in [2.75, 3.05) is 6.61 Å². The van der Waals surface area contributed by atoms with Gasteiger partial charge in [0.15, 0.2) is 6.29 Å². The van der Waals surface area contributed by atoms with Crippen LogP contribution in [0.2, 0.25) is 0 Å². The van der Waals surface area contributed by atoms with Crippen LogP contribution in [-0.2, 0) is 17.6 Å². The van der Waals surface area contributed by atoms with Crippen LogP contribution in [0.15, 0.2) is 23.0 Å². The van der Waals surface area contributed by atoms with Crippen LogP contribution in [0.4, 0.5) is 5.69 Å². The van der Waals surface area contributed by atoms with Gasteiger partial charge in [0.2, 0.25) is 5.52 Å². The number of aliphatic hydroxyl groups excluding tert-OH is 4. The van der Waals surface area contributed by atoms with E-state index < -0.39 is 42.2 Å². The highest BCUT2D eigenvalue weighted by atomic mass is 16.6. The number of rotatable bonds is 11. The van der Waals surface area contributed by atoms with Crippen LogP contribution in [0.3, 0.4) is 0 Å². The van der Waals surface area contributed by atoms with Gasteiger partial charge < -0.3 is 25.2 Å². The lowest BCUT2D eigenvalue weighted by atomic mass is 9.97. The minimum Gasteiger partial charge on any atom is -0.394 e. The first-order chi connectivity index (χ1) is 16.9. The van der Waals surface area contributed by atoms with Gasteiger partial charge in [-0.15, -0.1) is 5.10 Å². The highest BCUT2D eigenvalue weighted by Crippen LogP contribution is 2.29. The van der Waals surface area contributed by atoms with E-state index in [0.717, 1.165) is 37.7 Å². The fourth-order valence-electron chi connectivity index (χ4n) is 4.35. The molecule has 0 amide bonds. The van der Waals surface area contributed by atoms with Crippen LogP contribution in [0.25, 0.3) is 11.0 Å². The van der Waals surface area contributed by atoms with E-state index in [1.165, 1.54) is 10.7 Å². The third-order valence-electron chi connectivity index (χ3n) is 6.28. The van der Waals surface area contributed by atoms with Gasteiger partial charge in [-0.3, -0.25) is 10.1 Å². The van der Waals surface area contributed by atoms with Crippen LogP contribution < -0.4 is 0 Å². The molecule has 1 unspecified atom stereocenters. The van der Waals surface area contributed by atoms with Crippen molar-refractivity contribution >= 4 is 16.7 Å². The summed E-state index contributed by atoms with van der Waals surface area (Å²) in [6, 6.07) is 2.10. The first-order valence-electron chi connectivity index (χ1n) is 11.5. The summed E-state index contributed by atoms with van der Waals surface area (Å²) >= 11 is 0. The molecule has 1 fully saturated rings. The topological polar surface area (TPSA) is 203 Å². The molecule has 0 spiro atoms. The Bertz CT molecular complexity index is 1140. The third kappa shape index (κ3) is 5.46. The molecule has 14 nitrogen and oxygen atoms in total. The lowest BCUT2D eigenvalue weighted by Gasteiger charge is -2.39. The molecular formula is C21H28N6O8. The van der Waals surface area contributed by atoms with E-state index in [0.29, 0.717) is 24.1 Å². The van der Waals surface area contributed by atoms with Gasteiger partial charge in [0, 0.05) is 12.3 Å². The maximum absolute atomic E-state index is 11.1. The summed E-state index contributed by atoms with van der Waals surface area (Å²) < 4.78 is 11.1. The van der Waals surface area contributed by atoms with Gasteiger partial charge in [-0.1, -0.05) is 24.5 Å². The standard InChI is InChI=1S/C21H28N6O8/c28-11-15-19(29)20(30)18(21(31)34-15)26-10-13(22-25-26)7-5-3-1-2-4-6-12-8-9-14(27(32)33)17-16(12)23-35-24-17/h8-10,15,18-21,28-31H,1-7,11H2/t15-,18-,19-,20-,21?/m1/s1. The molecule has 0 radical (unpaired) electrons. The molecule has 3 heterocycles. The van der Waals surface area contributed by atoms with Crippen molar-refractivity contribution < 1.29 is 34.7 Å². The molecule has 1 aromatic carbocycles. The normalized spacial score (nSPS) is 24.7. The summed E-state index contributed by atoms with van der Waals surface area (Å²) in [7, 11) is 0. The average molecular weight is 492 g/mol. The van der Waals surface area contributed by atoms with E-state index >= 15 is 0 Å². The second kappa shape index (κ2) is 11.1. The van der Waals surface area contributed by atoms with Crippen molar-refractivity contribution in [1.29, 1.82) is 0 Å². The number of nitro groups is 1. The van der Waals surface area contributed by atoms with Crippen molar-refractivity contribution in [1.82, 2.24) is 25.3 Å². The van der Waals surface area contributed by atoms with E-state index in [-0.39, 0.29) is 11.2 Å². The summed E-state index contributed by atoms with van der Waals surface area (Å²) in [5, 5.41) is 66.2. The fourth-order valence-corrected chi connectivity index (χ4v) is 4.35. The molecule has 1 aliphatic rings. The minimum atomic E-state index is -1.44. The van der Waals surface area contributed by atoms with Gasteiger partial charge in [0.05, 0.1) is 17.2 Å². The van der Waals surface area contributed by atoms with Gasteiger partial charge in [-0.2, -0.15) is 0 Å². The van der Waals surface area contributed by atoms with Crippen LogP contribution in [0, 0.1) is 10.1 Å². The predicted molar refractivity (Wildman–Crippen MR) is 118 cm³/mol. The molecule has 0 aliphatic carbocycles. The molecular weight excluding hydrogens is 464 g/mol. The Morgan fingerprint density at radius 3 is 2.46 bits per heavy atom. The molecule has 1 saturated heterocycles. The van der Waals surface area contributed by atoms with E-state index in [1.807, 2.05) is 0 Å². The molecule has 35 heavy (non-hydrogen) atoms. The summed E-state index contributed by atoms with van der Waals surface area (Å²) in [6.45, 7) is -0.528. The second-order valence-electron chi connectivity index (χ2n) is 8.64. The molecule has 2 aromatic heterocycles. The van der Waals surface area contributed by atoms with Crippen LogP contribution in [0.1, 0.15) is 49.4 Å². The summed E-state index contributed by atoms with van der Waals surface area (Å²) in [6.07, 6.45) is 2.44. The van der Waals surface area contributed by atoms with Gasteiger partial charge >= 0.3 is 5.69 Å². The van der Waals surface area contributed by atoms with Crippen molar-refractivity contribution in [2.24, 2.45) is 0 Å². The maximum atomic E-state index is 11.1. The summed E-state index contributed by atoms with van der Waals surface area (Å²) in [5.74, 6) is 0. The van der Waals surface area contributed by atoms with E-state index in [1.54, 1.807) is 12.3 Å². The Hall–Kier alpha value is -3.04. The highest BCUT2D eigenvalue weighted by molar-refractivity contribution is 5.85. The zero-order chi connectivity index (χ0) is 24.9. The van der Waals surface area contributed by atoms with E-state index in [2.05, 4.69) is 20.6 Å². The smallest absolute Gasteiger partial charge is 0.300 e. The van der Waals surface area contributed by atoms with Crippen LogP contribution in [-0.4, -0.2) is 81.9 Å². The van der Waals surface area contributed by atoms with Crippen molar-refractivity contribution in [3.63, 3.8) is 0 Å². The molecule has 0 bridgehead atoms. The lowest BCUT2D eigenvalue weighted by Crippen LogP contribution is -2.56. The second-order valence-corrected chi connectivity index (χ2v) is 8.64. The number of aryl methyl sites for hydroxylation is 2. The number of benzene rings is 1. The summed E-state index contributed by atoms with van der Waals surface area (Å²) in [5.41, 5.74) is 2.04. The maximum Gasteiger partial charge on any atom is 0.300 e. The Balaban J connectivity index is 1.19. The quantitative estimate of drug-likeness (QED) is 0.163. The number of aromatic nitrogens is 5. The van der Waals surface area contributed by atoms with Crippen molar-refractivity contribution in [2.45, 2.75) is 75.6 Å². The monoisotopic (exact) mass is 492 g/mol. The first-order valence-corrected chi connectivity index (χ1v) is 11.5. The third-order valence-corrected chi connectivity index (χ3v) is 6.28. The number of non-ortho nitro benzene ring substituents is 1. The van der Waals surface area contributed by atoms with Gasteiger partial charge in [0.25, 0.3) is 0 Å². The Morgan fingerprint density at radius 2 is 1.71 bits per heavy atom. The number of aliphatic hydroxyl groups is 4. The zero-order valence-electron chi connectivity index (χ0n) is 18.9. The Labute approximate surface area is 199 Å². The van der Waals surface area contributed by atoms with E-state index in [9.17, 15) is 30.5 Å². The molecule has 0 saturated carbocycles. The number of nitrogens with zero attached hydrogens (tertiary/aromatic N) is 6. The van der Waals surface area contributed by atoms with Crippen molar-refractivity contribution in [3.8, 4) is 0 Å². The van der Waals surface area contributed by atoms with E-state index in [4.69, 9.17) is 9.37 Å². The molecule has 4 N–H and O–H groups in total. The molecule has 1 aliphatic heterocycles. The predicted octanol–water partition coefficient (Wildman–Crippen LogP) is 0.431.